The molecule has 0 amide bonds. The molecule has 0 atom stereocenters. The number of nitrogens with zero attached hydrogens (tertiary/aromatic N) is 1. The molecule has 0 unspecified atom stereocenters. The van der Waals surface area contributed by atoms with Gasteiger partial charge in [-0.25, -0.2) is 8.42 Å². The van der Waals surface area contributed by atoms with E-state index in [0.29, 0.717) is 42.1 Å². The highest BCUT2D eigenvalue weighted by Crippen LogP contribution is 2.33. The Bertz CT molecular complexity index is 819. The second-order valence-electron chi connectivity index (χ2n) is 5.30. The van der Waals surface area contributed by atoms with Crippen LogP contribution >= 0.6 is 22.9 Å². The third-order valence-corrected chi connectivity index (χ3v) is 6.80. The van der Waals surface area contributed by atoms with Crippen molar-refractivity contribution in [3.05, 3.63) is 39.5 Å². The Kier molecular flexibility index (Phi) is 5.34. The smallest absolute Gasteiger partial charge is 0.243 e. The number of rotatable bonds is 5. The molecular weight excluding hydrogens is 370 g/mol. The second kappa shape index (κ2) is 7.31. The molecule has 0 radical (unpaired) electrons. The topological polar surface area (TPSA) is 55.8 Å². The van der Waals surface area contributed by atoms with Crippen LogP contribution < -0.4 is 9.47 Å². The van der Waals surface area contributed by atoms with Gasteiger partial charge in [0, 0.05) is 30.5 Å². The average Bonchev–Trinajstić information content (AvgIpc) is 2.83. The molecule has 1 aliphatic rings. The van der Waals surface area contributed by atoms with Crippen molar-refractivity contribution in [2.45, 2.75) is 24.8 Å². The lowest BCUT2D eigenvalue weighted by molar-refractivity contribution is 0.296. The number of thiophene rings is 1. The third-order valence-electron chi connectivity index (χ3n) is 3.67. The van der Waals surface area contributed by atoms with E-state index in [1.165, 1.54) is 15.6 Å². The monoisotopic (exact) mass is 387 g/mol. The van der Waals surface area contributed by atoms with Crippen molar-refractivity contribution in [1.29, 1.82) is 0 Å². The molecule has 130 valence electrons. The van der Waals surface area contributed by atoms with Gasteiger partial charge < -0.3 is 9.47 Å². The van der Waals surface area contributed by atoms with Crippen LogP contribution in [0.3, 0.4) is 0 Å². The van der Waals surface area contributed by atoms with E-state index in [4.69, 9.17) is 21.1 Å². The fourth-order valence-corrected chi connectivity index (χ4v) is 5.06. The Morgan fingerprint density at radius 3 is 2.58 bits per heavy atom. The Balaban J connectivity index is 1.89. The van der Waals surface area contributed by atoms with E-state index in [1.807, 2.05) is 13.0 Å². The molecule has 8 heteroatoms. The first-order chi connectivity index (χ1) is 11.5. The summed E-state index contributed by atoms with van der Waals surface area (Å²) < 4.78 is 39.1. The van der Waals surface area contributed by atoms with Crippen molar-refractivity contribution < 1.29 is 17.9 Å². The maximum atomic E-state index is 12.9. The SMILES string of the molecule is CCN(Cc1ccc(Cl)s1)S(=O)(=O)c1ccc2c(c1)OCCCO2. The molecule has 2 heterocycles. The lowest BCUT2D eigenvalue weighted by atomic mass is 10.3. The zero-order valence-corrected chi connectivity index (χ0v) is 15.6. The number of hydrogen-bond donors (Lipinski definition) is 0. The maximum absolute atomic E-state index is 12.9. The van der Waals surface area contributed by atoms with Crippen LogP contribution in [0, 0.1) is 0 Å². The maximum Gasteiger partial charge on any atom is 0.243 e. The molecule has 0 N–H and O–H groups in total. The minimum Gasteiger partial charge on any atom is -0.490 e. The fraction of sp³-hybridized carbons (Fsp3) is 0.375. The first kappa shape index (κ1) is 17.5. The van der Waals surface area contributed by atoms with Gasteiger partial charge in [0.1, 0.15) is 0 Å². The van der Waals surface area contributed by atoms with Crippen LogP contribution in [-0.4, -0.2) is 32.5 Å². The summed E-state index contributed by atoms with van der Waals surface area (Å²) in [6.07, 6.45) is 0.775. The van der Waals surface area contributed by atoms with Gasteiger partial charge >= 0.3 is 0 Å². The number of sulfonamides is 1. The molecule has 0 saturated carbocycles. The predicted molar refractivity (Wildman–Crippen MR) is 94.6 cm³/mol. The van der Waals surface area contributed by atoms with Crippen LogP contribution in [0.2, 0.25) is 4.34 Å². The van der Waals surface area contributed by atoms with Gasteiger partial charge in [0.15, 0.2) is 11.5 Å². The summed E-state index contributed by atoms with van der Waals surface area (Å²) in [5.41, 5.74) is 0. The highest BCUT2D eigenvalue weighted by atomic mass is 35.5. The highest BCUT2D eigenvalue weighted by molar-refractivity contribution is 7.89. The van der Waals surface area contributed by atoms with E-state index in [2.05, 4.69) is 0 Å². The first-order valence-corrected chi connectivity index (χ1v) is 10.3. The van der Waals surface area contributed by atoms with E-state index in [-0.39, 0.29) is 4.90 Å². The number of ether oxygens (including phenoxy) is 2. The molecule has 1 aromatic heterocycles. The Hall–Kier alpha value is -1.28. The average molecular weight is 388 g/mol. The van der Waals surface area contributed by atoms with Crippen molar-refractivity contribution >= 4 is 33.0 Å². The third kappa shape index (κ3) is 3.69. The largest absolute Gasteiger partial charge is 0.490 e. The molecule has 0 saturated heterocycles. The first-order valence-electron chi connectivity index (χ1n) is 7.64. The summed E-state index contributed by atoms with van der Waals surface area (Å²) in [6.45, 7) is 3.56. The van der Waals surface area contributed by atoms with Crippen LogP contribution in [0.4, 0.5) is 0 Å². The van der Waals surface area contributed by atoms with Crippen molar-refractivity contribution in [3.63, 3.8) is 0 Å². The number of fused-ring (bicyclic) bond motifs is 1. The minimum atomic E-state index is -3.62. The summed E-state index contributed by atoms with van der Waals surface area (Å²) in [4.78, 5) is 1.11. The summed E-state index contributed by atoms with van der Waals surface area (Å²) in [5, 5.41) is 0. The lowest BCUT2D eigenvalue weighted by Crippen LogP contribution is -2.30. The van der Waals surface area contributed by atoms with Crippen molar-refractivity contribution in [2.24, 2.45) is 0 Å². The van der Waals surface area contributed by atoms with Crippen molar-refractivity contribution in [3.8, 4) is 11.5 Å². The van der Waals surface area contributed by atoms with Gasteiger partial charge in [0.25, 0.3) is 0 Å². The molecule has 2 aromatic rings. The van der Waals surface area contributed by atoms with Crippen LogP contribution in [0.25, 0.3) is 0 Å². The quantitative estimate of drug-likeness (QED) is 0.783. The summed E-state index contributed by atoms with van der Waals surface area (Å²) in [6, 6.07) is 8.38. The van der Waals surface area contributed by atoms with Gasteiger partial charge in [-0.15, -0.1) is 11.3 Å². The Morgan fingerprint density at radius 2 is 1.92 bits per heavy atom. The van der Waals surface area contributed by atoms with E-state index in [9.17, 15) is 8.42 Å². The van der Waals surface area contributed by atoms with Gasteiger partial charge in [-0.05, 0) is 24.3 Å². The molecule has 5 nitrogen and oxygen atoms in total. The highest BCUT2D eigenvalue weighted by Gasteiger charge is 2.25. The standard InChI is InChI=1S/C16H18ClNO4S2/c1-2-18(11-12-4-7-16(17)23-12)24(19,20)13-5-6-14-15(10-13)22-9-3-8-21-14/h4-7,10H,2-3,8-9,11H2,1H3. The van der Waals surface area contributed by atoms with Gasteiger partial charge in [0.05, 0.1) is 22.4 Å². The van der Waals surface area contributed by atoms with E-state index in [0.717, 1.165) is 11.3 Å². The van der Waals surface area contributed by atoms with Crippen LogP contribution in [0.15, 0.2) is 35.2 Å². The van der Waals surface area contributed by atoms with Gasteiger partial charge in [-0.3, -0.25) is 0 Å². The van der Waals surface area contributed by atoms with E-state index >= 15 is 0 Å². The predicted octanol–water partition coefficient (Wildman–Crippen LogP) is 3.77. The summed E-state index contributed by atoms with van der Waals surface area (Å²) >= 11 is 7.32. The van der Waals surface area contributed by atoms with Crippen molar-refractivity contribution in [2.75, 3.05) is 19.8 Å². The molecule has 3 rings (SSSR count). The summed E-state index contributed by atoms with van der Waals surface area (Å²) in [5.74, 6) is 1.06. The van der Waals surface area contributed by atoms with Gasteiger partial charge in [-0.1, -0.05) is 18.5 Å². The second-order valence-corrected chi connectivity index (χ2v) is 9.03. The lowest BCUT2D eigenvalue weighted by Gasteiger charge is -2.20. The van der Waals surface area contributed by atoms with Crippen LogP contribution in [-0.2, 0) is 16.6 Å². The molecule has 0 aliphatic carbocycles. The van der Waals surface area contributed by atoms with Gasteiger partial charge in [-0.2, -0.15) is 4.31 Å². The summed E-state index contributed by atoms with van der Waals surface area (Å²) in [7, 11) is -3.62. The molecule has 0 fully saturated rings. The minimum absolute atomic E-state index is 0.205. The van der Waals surface area contributed by atoms with Crippen LogP contribution in [0.5, 0.6) is 11.5 Å². The van der Waals surface area contributed by atoms with E-state index in [1.54, 1.807) is 24.3 Å². The normalized spacial score (nSPS) is 14.6. The van der Waals surface area contributed by atoms with E-state index < -0.39 is 10.0 Å². The molecule has 1 aromatic carbocycles. The zero-order chi connectivity index (χ0) is 17.2. The molecule has 24 heavy (non-hydrogen) atoms. The molecular formula is C16H18ClNO4S2. The molecule has 1 aliphatic heterocycles. The van der Waals surface area contributed by atoms with Crippen molar-refractivity contribution in [1.82, 2.24) is 4.31 Å². The Morgan fingerprint density at radius 1 is 1.17 bits per heavy atom. The number of halogens is 1. The fourth-order valence-electron chi connectivity index (χ4n) is 2.43. The molecule has 0 bridgehead atoms. The zero-order valence-electron chi connectivity index (χ0n) is 13.2. The van der Waals surface area contributed by atoms with Gasteiger partial charge in [0.2, 0.25) is 10.0 Å². The number of benzene rings is 1. The number of hydrogen-bond acceptors (Lipinski definition) is 5. The molecule has 0 spiro atoms. The Labute approximate surface area is 150 Å². The van der Waals surface area contributed by atoms with Crippen LogP contribution in [0.1, 0.15) is 18.2 Å².